The van der Waals surface area contributed by atoms with Crippen LogP contribution < -0.4 is 0 Å². The van der Waals surface area contributed by atoms with Crippen molar-refractivity contribution in [1.82, 2.24) is 0 Å². The molecular weight excluding hydrogens is 316 g/mol. The van der Waals surface area contributed by atoms with Gasteiger partial charge in [-0.2, -0.15) is 0 Å². The number of hydrogen-bond donors (Lipinski definition) is 8. The second-order valence-corrected chi connectivity index (χ2v) is 3.02. The molecule has 0 aliphatic rings. The quantitative estimate of drug-likeness (QED) is 0.191. The molecule has 8 N–H and O–H groups in total. The number of carboxylic acid groups (broad SMARTS) is 2. The molecule has 0 aliphatic heterocycles. The number of carbonyl (C=O) groups is 3. The zero-order valence-corrected chi connectivity index (χ0v) is 11.1. The number of rotatable bonds is 4. The molecule has 0 aromatic carbocycles. The molecule has 0 saturated carbocycles. The molecule has 0 spiro atoms. The van der Waals surface area contributed by atoms with Crippen molar-refractivity contribution in [1.29, 1.82) is 0 Å². The first kappa shape index (κ1) is 25.0. The lowest BCUT2D eigenvalue weighted by Crippen LogP contribution is -2.15. The maximum absolute atomic E-state index is 9.86. The van der Waals surface area contributed by atoms with Gasteiger partial charge in [0.1, 0.15) is 12.2 Å². The van der Waals surface area contributed by atoms with Crippen molar-refractivity contribution in [2.24, 2.45) is 0 Å². The highest BCUT2D eigenvalue weighted by atomic mass is 16.8. The Balaban J connectivity index is -0.000000261. The van der Waals surface area contributed by atoms with Crippen molar-refractivity contribution in [2.75, 3.05) is 26.4 Å². The molecule has 13 heteroatoms. The van der Waals surface area contributed by atoms with E-state index in [2.05, 4.69) is 9.47 Å². The Kier molecular flexibility index (Phi) is 19.3. The molecule has 0 saturated heterocycles. The fourth-order valence-corrected chi connectivity index (χ4v) is 0.279. The summed E-state index contributed by atoms with van der Waals surface area (Å²) in [5.74, 6) is 0. The molecule has 0 rings (SSSR count). The fraction of sp³-hybridized carbons (Fsp3) is 0.667. The van der Waals surface area contributed by atoms with Crippen molar-refractivity contribution in [3.63, 3.8) is 0 Å². The molecule has 13 nitrogen and oxygen atoms in total. The summed E-state index contributed by atoms with van der Waals surface area (Å²) >= 11 is 0. The lowest BCUT2D eigenvalue weighted by atomic mass is 10.4. The summed E-state index contributed by atoms with van der Waals surface area (Å²) < 4.78 is 6.47. The van der Waals surface area contributed by atoms with Gasteiger partial charge in [0.05, 0.1) is 26.4 Å². The first-order valence-corrected chi connectivity index (χ1v) is 5.29. The van der Waals surface area contributed by atoms with Gasteiger partial charge in [-0.15, -0.1) is 0 Å². The van der Waals surface area contributed by atoms with Crippen LogP contribution in [-0.4, -0.2) is 98.0 Å². The van der Waals surface area contributed by atoms with E-state index in [-0.39, 0.29) is 26.4 Å². The Morgan fingerprint density at radius 1 is 0.682 bits per heavy atom. The van der Waals surface area contributed by atoms with Crippen molar-refractivity contribution in [2.45, 2.75) is 12.2 Å². The van der Waals surface area contributed by atoms with E-state index in [1.807, 2.05) is 0 Å². The zero-order chi connectivity index (χ0) is 18.1. The zero-order valence-electron chi connectivity index (χ0n) is 11.1. The largest absolute Gasteiger partial charge is 0.528 e. The number of aliphatic hydroxyl groups is 6. The number of ether oxygens (including phenoxy) is 2. The predicted octanol–water partition coefficient (Wildman–Crippen LogP) is -2.84. The summed E-state index contributed by atoms with van der Waals surface area (Å²) in [6.45, 7) is -1.46. The van der Waals surface area contributed by atoms with Crippen LogP contribution in [-0.2, 0) is 9.47 Å². The van der Waals surface area contributed by atoms with Gasteiger partial charge in [-0.3, -0.25) is 0 Å². The van der Waals surface area contributed by atoms with E-state index in [1.165, 1.54) is 0 Å². The molecule has 0 radical (unpaired) electrons. The van der Waals surface area contributed by atoms with Crippen LogP contribution in [0.2, 0.25) is 0 Å². The van der Waals surface area contributed by atoms with E-state index >= 15 is 0 Å². The van der Waals surface area contributed by atoms with Gasteiger partial charge in [0, 0.05) is 0 Å². The average Bonchev–Trinajstić information content (AvgIpc) is 2.45. The number of aliphatic hydroxyl groups excluding tert-OH is 6. The minimum absolute atomic E-state index is 0.365. The van der Waals surface area contributed by atoms with Crippen LogP contribution in [0.3, 0.4) is 0 Å². The van der Waals surface area contributed by atoms with E-state index in [1.54, 1.807) is 0 Å². The van der Waals surface area contributed by atoms with Crippen LogP contribution in [0.4, 0.5) is 14.4 Å². The van der Waals surface area contributed by atoms with Crippen molar-refractivity contribution in [3.05, 3.63) is 0 Å². The standard InChI is InChI=1S/C3H2O7.2C3H8O3/c4-1(5)9-3(8)10-2(6)7;2*4-1-3(6)2-5/h(H,4,5)(H,6,7);2*3-6H,1-2H2. The maximum atomic E-state index is 9.86. The van der Waals surface area contributed by atoms with Gasteiger partial charge in [-0.1, -0.05) is 0 Å². The van der Waals surface area contributed by atoms with Crippen molar-refractivity contribution < 1.29 is 64.7 Å². The van der Waals surface area contributed by atoms with E-state index in [0.29, 0.717) is 0 Å². The summed E-state index contributed by atoms with van der Waals surface area (Å²) in [5, 5.41) is 63.4. The Labute approximate surface area is 123 Å². The van der Waals surface area contributed by atoms with Gasteiger partial charge in [-0.25, -0.2) is 14.4 Å². The van der Waals surface area contributed by atoms with E-state index in [9.17, 15) is 14.4 Å². The highest BCUT2D eigenvalue weighted by Crippen LogP contribution is 1.85. The second-order valence-electron chi connectivity index (χ2n) is 3.02. The maximum Gasteiger partial charge on any atom is 0.528 e. The first-order valence-electron chi connectivity index (χ1n) is 5.29. The summed E-state index contributed by atoms with van der Waals surface area (Å²) in [7, 11) is 0. The molecule has 132 valence electrons. The van der Waals surface area contributed by atoms with Crippen molar-refractivity contribution >= 4 is 18.5 Å². The number of carbonyl (C=O) groups excluding carboxylic acids is 1. The lowest BCUT2D eigenvalue weighted by Gasteiger charge is -1.96. The molecule has 0 aromatic rings. The molecule has 0 bridgehead atoms. The molecule has 22 heavy (non-hydrogen) atoms. The van der Waals surface area contributed by atoms with E-state index in [0.717, 1.165) is 0 Å². The normalized spacial score (nSPS) is 9.09. The fourth-order valence-electron chi connectivity index (χ4n) is 0.279. The molecule has 0 atom stereocenters. The Bertz CT molecular complexity index is 268. The van der Waals surface area contributed by atoms with Crippen LogP contribution in [0.25, 0.3) is 0 Å². The molecular formula is C9H18O13. The topological polar surface area (TPSA) is 232 Å². The van der Waals surface area contributed by atoms with Gasteiger partial charge >= 0.3 is 18.5 Å². The van der Waals surface area contributed by atoms with Gasteiger partial charge < -0.3 is 50.3 Å². The summed E-state index contributed by atoms with van der Waals surface area (Å²) in [4.78, 5) is 28.8. The Morgan fingerprint density at radius 3 is 1.00 bits per heavy atom. The monoisotopic (exact) mass is 334 g/mol. The number of hydrogen-bond acceptors (Lipinski definition) is 11. The van der Waals surface area contributed by atoms with E-state index in [4.69, 9.17) is 40.9 Å². The third kappa shape index (κ3) is 26.5. The minimum Gasteiger partial charge on any atom is -0.449 e. The van der Waals surface area contributed by atoms with Crippen LogP contribution >= 0.6 is 0 Å². The smallest absolute Gasteiger partial charge is 0.449 e. The van der Waals surface area contributed by atoms with Crippen LogP contribution in [0.15, 0.2) is 0 Å². The Hall–Kier alpha value is -2.03. The van der Waals surface area contributed by atoms with Crippen LogP contribution in [0.5, 0.6) is 0 Å². The highest BCUT2D eigenvalue weighted by molar-refractivity contribution is 5.82. The third-order valence-electron chi connectivity index (χ3n) is 1.18. The SMILES string of the molecule is O=C(O)OC(=O)OC(=O)O.OCC(O)CO.OCC(O)CO. The van der Waals surface area contributed by atoms with Crippen LogP contribution in [0.1, 0.15) is 0 Å². The summed E-state index contributed by atoms with van der Waals surface area (Å²) in [6, 6.07) is 0. The van der Waals surface area contributed by atoms with Gasteiger partial charge in [0.15, 0.2) is 0 Å². The molecule has 0 aromatic heterocycles. The molecule has 0 fully saturated rings. The molecule has 0 heterocycles. The van der Waals surface area contributed by atoms with Crippen molar-refractivity contribution in [3.8, 4) is 0 Å². The predicted molar refractivity (Wildman–Crippen MR) is 64.0 cm³/mol. The third-order valence-corrected chi connectivity index (χ3v) is 1.18. The van der Waals surface area contributed by atoms with Crippen LogP contribution in [0, 0.1) is 0 Å². The second kappa shape index (κ2) is 17.0. The Morgan fingerprint density at radius 2 is 0.909 bits per heavy atom. The minimum atomic E-state index is -1.92. The summed E-state index contributed by atoms with van der Waals surface area (Å²) in [6.07, 6.45) is -7.55. The van der Waals surface area contributed by atoms with Gasteiger partial charge in [0.25, 0.3) is 0 Å². The molecule has 0 aliphatic carbocycles. The molecule has 0 amide bonds. The van der Waals surface area contributed by atoms with Gasteiger partial charge in [0.2, 0.25) is 0 Å². The average molecular weight is 334 g/mol. The highest BCUT2D eigenvalue weighted by Gasteiger charge is 2.13. The lowest BCUT2D eigenvalue weighted by molar-refractivity contribution is 0.0450. The molecule has 0 unspecified atom stereocenters. The summed E-state index contributed by atoms with van der Waals surface area (Å²) in [5.41, 5.74) is 0. The van der Waals surface area contributed by atoms with E-state index < -0.39 is 30.7 Å². The first-order chi connectivity index (χ1) is 10.1. The van der Waals surface area contributed by atoms with Gasteiger partial charge in [-0.05, 0) is 0 Å².